The van der Waals surface area contributed by atoms with Gasteiger partial charge in [-0.05, 0) is 31.0 Å². The van der Waals surface area contributed by atoms with Gasteiger partial charge in [0.25, 0.3) is 0 Å². The standard InChI is InChI=1S/C17H15NO4/c19-16(6-3-7-17(20)21)18-11-8-9-13-12-4-1-2-5-14(12)22-15(13)10-11/h1-2,4-5,8-10H,3,6-7H2,(H,18,19)(H,20,21)/p-1. The van der Waals surface area contributed by atoms with E-state index in [0.29, 0.717) is 11.3 Å². The number of anilines is 1. The molecule has 0 aliphatic heterocycles. The quantitative estimate of drug-likeness (QED) is 0.784. The highest BCUT2D eigenvalue weighted by Gasteiger charge is 2.08. The van der Waals surface area contributed by atoms with Gasteiger partial charge in [-0.25, -0.2) is 0 Å². The smallest absolute Gasteiger partial charge is 0.224 e. The second kappa shape index (κ2) is 5.89. The van der Waals surface area contributed by atoms with E-state index in [1.165, 1.54) is 0 Å². The zero-order valence-electron chi connectivity index (χ0n) is 11.8. The number of carboxylic acids is 1. The largest absolute Gasteiger partial charge is 0.550 e. The van der Waals surface area contributed by atoms with Crippen LogP contribution >= 0.6 is 0 Å². The van der Waals surface area contributed by atoms with E-state index in [0.717, 1.165) is 16.4 Å². The number of rotatable bonds is 5. The third kappa shape index (κ3) is 2.93. The monoisotopic (exact) mass is 296 g/mol. The van der Waals surface area contributed by atoms with E-state index in [1.54, 1.807) is 12.1 Å². The Morgan fingerprint density at radius 1 is 1.00 bits per heavy atom. The molecule has 0 radical (unpaired) electrons. The number of carbonyl (C=O) groups is 2. The lowest BCUT2D eigenvalue weighted by atomic mass is 10.1. The minimum Gasteiger partial charge on any atom is -0.550 e. The maximum absolute atomic E-state index is 11.7. The third-order valence-corrected chi connectivity index (χ3v) is 3.45. The van der Waals surface area contributed by atoms with Crippen molar-refractivity contribution < 1.29 is 19.1 Å². The lowest BCUT2D eigenvalue weighted by Gasteiger charge is -2.05. The van der Waals surface area contributed by atoms with Gasteiger partial charge in [0.15, 0.2) is 0 Å². The zero-order chi connectivity index (χ0) is 15.5. The maximum Gasteiger partial charge on any atom is 0.224 e. The van der Waals surface area contributed by atoms with Crippen molar-refractivity contribution in [3.05, 3.63) is 42.5 Å². The molecular weight excluding hydrogens is 282 g/mol. The number of carboxylic acid groups (broad SMARTS) is 1. The van der Waals surface area contributed by atoms with E-state index in [1.807, 2.05) is 30.3 Å². The molecule has 112 valence electrons. The van der Waals surface area contributed by atoms with E-state index < -0.39 is 5.97 Å². The van der Waals surface area contributed by atoms with Crippen LogP contribution < -0.4 is 10.4 Å². The molecule has 1 aromatic heterocycles. The van der Waals surface area contributed by atoms with Gasteiger partial charge in [0, 0.05) is 34.9 Å². The number of carbonyl (C=O) groups excluding carboxylic acids is 2. The SMILES string of the molecule is O=C([O-])CCCC(=O)Nc1ccc2c(c1)oc1ccccc12. The fraction of sp³-hybridized carbons (Fsp3) is 0.176. The van der Waals surface area contributed by atoms with Crippen molar-refractivity contribution in [3.8, 4) is 0 Å². The molecule has 0 unspecified atom stereocenters. The van der Waals surface area contributed by atoms with Gasteiger partial charge in [-0.15, -0.1) is 0 Å². The van der Waals surface area contributed by atoms with Gasteiger partial charge in [-0.3, -0.25) is 4.79 Å². The molecule has 0 saturated carbocycles. The number of amides is 1. The van der Waals surface area contributed by atoms with Gasteiger partial charge < -0.3 is 19.6 Å². The summed E-state index contributed by atoms with van der Waals surface area (Å²) in [6.07, 6.45) is 0.295. The van der Waals surface area contributed by atoms with Crippen LogP contribution in [0.15, 0.2) is 46.9 Å². The molecule has 0 bridgehead atoms. The van der Waals surface area contributed by atoms with Crippen molar-refractivity contribution in [1.82, 2.24) is 0 Å². The van der Waals surface area contributed by atoms with Gasteiger partial charge in [0.1, 0.15) is 11.2 Å². The summed E-state index contributed by atoms with van der Waals surface area (Å²) in [6, 6.07) is 13.2. The average Bonchev–Trinajstić information content (AvgIpc) is 2.84. The van der Waals surface area contributed by atoms with Gasteiger partial charge >= 0.3 is 0 Å². The number of nitrogens with one attached hydrogen (secondary N) is 1. The highest BCUT2D eigenvalue weighted by Crippen LogP contribution is 2.30. The Balaban J connectivity index is 1.76. The Morgan fingerprint density at radius 2 is 1.77 bits per heavy atom. The number of fused-ring (bicyclic) bond motifs is 3. The molecule has 1 N–H and O–H groups in total. The van der Waals surface area contributed by atoms with Gasteiger partial charge in [0.05, 0.1) is 0 Å². The molecule has 1 amide bonds. The molecule has 0 atom stereocenters. The summed E-state index contributed by atoms with van der Waals surface area (Å²) in [4.78, 5) is 22.1. The number of benzene rings is 2. The lowest BCUT2D eigenvalue weighted by Crippen LogP contribution is -2.22. The zero-order valence-corrected chi connectivity index (χ0v) is 11.8. The van der Waals surface area contributed by atoms with Gasteiger partial charge in [0.2, 0.25) is 5.91 Å². The molecule has 0 spiro atoms. The maximum atomic E-state index is 11.7. The van der Waals surface area contributed by atoms with Gasteiger partial charge in [-0.1, -0.05) is 18.2 Å². The Labute approximate surface area is 126 Å². The Bertz CT molecular complexity index is 850. The minimum absolute atomic E-state index is 0.115. The van der Waals surface area contributed by atoms with Gasteiger partial charge in [-0.2, -0.15) is 0 Å². The normalized spacial score (nSPS) is 10.9. The topological polar surface area (TPSA) is 82.4 Å². The minimum atomic E-state index is -1.14. The van der Waals surface area contributed by atoms with Crippen LogP contribution in [0.4, 0.5) is 5.69 Å². The highest BCUT2D eigenvalue weighted by atomic mass is 16.4. The number of aliphatic carboxylic acids is 1. The molecule has 5 heteroatoms. The van der Waals surface area contributed by atoms with Crippen LogP contribution in [-0.4, -0.2) is 11.9 Å². The van der Waals surface area contributed by atoms with Crippen molar-refractivity contribution in [2.24, 2.45) is 0 Å². The molecule has 3 rings (SSSR count). The van der Waals surface area contributed by atoms with E-state index in [4.69, 9.17) is 4.42 Å². The molecule has 0 fully saturated rings. The molecule has 5 nitrogen and oxygen atoms in total. The number of hydrogen-bond acceptors (Lipinski definition) is 4. The van der Waals surface area contributed by atoms with E-state index in [2.05, 4.69) is 5.32 Å². The van der Waals surface area contributed by atoms with Crippen molar-refractivity contribution >= 4 is 39.5 Å². The second-order valence-corrected chi connectivity index (χ2v) is 5.08. The molecule has 22 heavy (non-hydrogen) atoms. The molecule has 2 aromatic carbocycles. The second-order valence-electron chi connectivity index (χ2n) is 5.08. The van der Waals surface area contributed by atoms with Crippen molar-refractivity contribution in [2.75, 3.05) is 5.32 Å². The average molecular weight is 296 g/mol. The lowest BCUT2D eigenvalue weighted by molar-refractivity contribution is -0.305. The number of hydrogen-bond donors (Lipinski definition) is 1. The molecule has 0 aliphatic rings. The fourth-order valence-electron chi connectivity index (χ4n) is 2.42. The first-order valence-corrected chi connectivity index (χ1v) is 7.04. The number of furan rings is 1. The summed E-state index contributed by atoms with van der Waals surface area (Å²) in [6.45, 7) is 0. The summed E-state index contributed by atoms with van der Waals surface area (Å²) in [5, 5.41) is 15.1. The highest BCUT2D eigenvalue weighted by molar-refractivity contribution is 6.06. The van der Waals surface area contributed by atoms with Crippen LogP contribution in [-0.2, 0) is 9.59 Å². The Morgan fingerprint density at radius 3 is 2.59 bits per heavy atom. The van der Waals surface area contributed by atoms with Crippen molar-refractivity contribution in [2.45, 2.75) is 19.3 Å². The molecule has 1 heterocycles. The van der Waals surface area contributed by atoms with Crippen LogP contribution in [0.5, 0.6) is 0 Å². The van der Waals surface area contributed by atoms with Crippen LogP contribution in [0, 0.1) is 0 Å². The molecule has 3 aromatic rings. The van der Waals surface area contributed by atoms with Crippen LogP contribution in [0.2, 0.25) is 0 Å². The Kier molecular flexibility index (Phi) is 3.78. The molecular formula is C17H14NO4-. The van der Waals surface area contributed by atoms with Crippen molar-refractivity contribution in [1.29, 1.82) is 0 Å². The fourth-order valence-corrected chi connectivity index (χ4v) is 2.42. The molecule has 0 saturated heterocycles. The third-order valence-electron chi connectivity index (χ3n) is 3.45. The summed E-state index contributed by atoms with van der Waals surface area (Å²) in [7, 11) is 0. The predicted octanol–water partition coefficient (Wildman–Crippen LogP) is 2.44. The summed E-state index contributed by atoms with van der Waals surface area (Å²) < 4.78 is 5.75. The van der Waals surface area contributed by atoms with E-state index in [9.17, 15) is 14.7 Å². The first-order valence-electron chi connectivity index (χ1n) is 7.04. The van der Waals surface area contributed by atoms with E-state index >= 15 is 0 Å². The summed E-state index contributed by atoms with van der Waals surface area (Å²) >= 11 is 0. The van der Waals surface area contributed by atoms with Crippen LogP contribution in [0.1, 0.15) is 19.3 Å². The summed E-state index contributed by atoms with van der Waals surface area (Å²) in [5.74, 6) is -1.37. The first kappa shape index (κ1) is 14.1. The van der Waals surface area contributed by atoms with Crippen LogP contribution in [0.3, 0.4) is 0 Å². The molecule has 0 aliphatic carbocycles. The van der Waals surface area contributed by atoms with Crippen LogP contribution in [0.25, 0.3) is 21.9 Å². The predicted molar refractivity (Wildman–Crippen MR) is 81.2 cm³/mol. The van der Waals surface area contributed by atoms with E-state index in [-0.39, 0.29) is 25.2 Å². The first-order chi connectivity index (χ1) is 10.6. The summed E-state index contributed by atoms with van der Waals surface area (Å²) in [5.41, 5.74) is 2.13. The number of para-hydroxylation sites is 1. The van der Waals surface area contributed by atoms with Crippen molar-refractivity contribution in [3.63, 3.8) is 0 Å². The Hall–Kier alpha value is -2.82.